The van der Waals surface area contributed by atoms with Crippen LogP contribution in [0, 0.1) is 17.0 Å². The van der Waals surface area contributed by atoms with Crippen molar-refractivity contribution in [2.24, 2.45) is 0 Å². The Kier molecular flexibility index (Phi) is 19.8. The molecule has 0 radical (unpaired) electrons. The minimum atomic E-state index is -0.905. The number of carbonyl (C=O) groups is 3. The Balaban J connectivity index is 0. The summed E-state index contributed by atoms with van der Waals surface area (Å²) < 4.78 is 9.29. The number of nitrogens with one attached hydrogen (secondary N) is 3. The third kappa shape index (κ3) is 21.1. The van der Waals surface area contributed by atoms with E-state index < -0.39 is 22.9 Å². The number of amides is 2. The molecular formula is C17H31N5O8. The molecule has 0 saturated carbocycles. The molecule has 0 aliphatic carbocycles. The normalized spacial score (nSPS) is 9.07. The zero-order chi connectivity index (χ0) is 23.2. The summed E-state index contributed by atoms with van der Waals surface area (Å²) in [4.78, 5) is 53.9. The number of hydrogen-bond acceptors (Lipinski definition) is 9. The lowest BCUT2D eigenvalue weighted by Crippen LogP contribution is -2.35. The van der Waals surface area contributed by atoms with Crippen molar-refractivity contribution in [3.05, 3.63) is 28.3 Å². The van der Waals surface area contributed by atoms with Crippen LogP contribution in [-0.2, 0) is 28.7 Å². The third-order valence-corrected chi connectivity index (χ3v) is 2.83. The standard InChI is InChI=1S/C11H19N3O8.C4H6N2.C2H6/c1-20-11(17)7-13-9(15)3-4-12-10(16)8-21-5-2-6-22-14(18)19;1-4-2-5-3-6-4;1-2/h2-8H2,1H3,(H,12,16)(H,13,15);2-3H,1H3,(H,5,6);1-2H3. The van der Waals surface area contributed by atoms with Gasteiger partial charge in [-0.25, -0.2) is 4.98 Å². The summed E-state index contributed by atoms with van der Waals surface area (Å²) in [5, 5.41) is 13.7. The van der Waals surface area contributed by atoms with Gasteiger partial charge in [-0.1, -0.05) is 13.8 Å². The van der Waals surface area contributed by atoms with Crippen LogP contribution in [0.15, 0.2) is 12.5 Å². The van der Waals surface area contributed by atoms with E-state index in [1.165, 1.54) is 7.11 Å². The zero-order valence-corrected chi connectivity index (χ0v) is 17.8. The molecule has 30 heavy (non-hydrogen) atoms. The van der Waals surface area contributed by atoms with E-state index in [0.717, 1.165) is 5.69 Å². The molecule has 1 aromatic rings. The van der Waals surface area contributed by atoms with E-state index in [4.69, 9.17) is 4.74 Å². The SMILES string of the molecule is CC.COC(=O)CNC(=O)CCNC(=O)COCCCO[N+](=O)[O-].Cc1cnc[nH]1. The van der Waals surface area contributed by atoms with Crippen molar-refractivity contribution in [1.29, 1.82) is 0 Å². The molecular weight excluding hydrogens is 402 g/mol. The number of carbonyl (C=O) groups excluding carboxylic acids is 3. The molecule has 1 heterocycles. The maximum atomic E-state index is 11.3. The molecule has 0 fully saturated rings. The smallest absolute Gasteiger partial charge is 0.325 e. The second kappa shape index (κ2) is 20.5. The maximum Gasteiger partial charge on any atom is 0.325 e. The summed E-state index contributed by atoms with van der Waals surface area (Å²) in [6.07, 6.45) is 3.74. The van der Waals surface area contributed by atoms with Crippen LogP contribution in [-0.4, -0.2) is 72.9 Å². The first-order valence-electron chi connectivity index (χ1n) is 9.25. The van der Waals surface area contributed by atoms with Crippen molar-refractivity contribution < 1.29 is 33.8 Å². The quantitative estimate of drug-likeness (QED) is 0.179. The molecule has 0 atom stereocenters. The molecule has 0 aliphatic heterocycles. The molecule has 172 valence electrons. The highest BCUT2D eigenvalue weighted by Gasteiger charge is 2.06. The molecule has 13 nitrogen and oxygen atoms in total. The van der Waals surface area contributed by atoms with Crippen LogP contribution in [0.25, 0.3) is 0 Å². The molecule has 3 N–H and O–H groups in total. The van der Waals surface area contributed by atoms with E-state index in [-0.39, 0.29) is 45.8 Å². The van der Waals surface area contributed by atoms with Crippen LogP contribution in [0.1, 0.15) is 32.4 Å². The predicted molar refractivity (Wildman–Crippen MR) is 106 cm³/mol. The lowest BCUT2D eigenvalue weighted by molar-refractivity contribution is -0.757. The van der Waals surface area contributed by atoms with Gasteiger partial charge in [-0.15, -0.1) is 10.1 Å². The van der Waals surface area contributed by atoms with E-state index in [9.17, 15) is 24.5 Å². The second-order valence-electron chi connectivity index (χ2n) is 5.15. The van der Waals surface area contributed by atoms with Crippen molar-refractivity contribution in [3.8, 4) is 0 Å². The van der Waals surface area contributed by atoms with Gasteiger partial charge < -0.3 is 29.9 Å². The van der Waals surface area contributed by atoms with Crippen LogP contribution in [0.3, 0.4) is 0 Å². The molecule has 1 aromatic heterocycles. The topological polar surface area (TPSA) is 175 Å². The molecule has 0 aliphatic rings. The monoisotopic (exact) mass is 433 g/mol. The molecule has 1 rings (SSSR count). The minimum absolute atomic E-state index is 0.0133. The van der Waals surface area contributed by atoms with E-state index in [2.05, 4.69) is 30.2 Å². The fourth-order valence-corrected chi connectivity index (χ4v) is 1.49. The van der Waals surface area contributed by atoms with Gasteiger partial charge in [0.15, 0.2) is 0 Å². The largest absolute Gasteiger partial charge is 0.468 e. The molecule has 0 aromatic carbocycles. The van der Waals surface area contributed by atoms with Gasteiger partial charge in [-0.2, -0.15) is 0 Å². The summed E-state index contributed by atoms with van der Waals surface area (Å²) in [5.74, 6) is -1.38. The van der Waals surface area contributed by atoms with Gasteiger partial charge in [-0.05, 0) is 13.3 Å². The summed E-state index contributed by atoms with van der Waals surface area (Å²) in [6, 6.07) is 0. The average molecular weight is 433 g/mol. The van der Waals surface area contributed by atoms with Crippen molar-refractivity contribution in [3.63, 3.8) is 0 Å². The van der Waals surface area contributed by atoms with Gasteiger partial charge in [0.25, 0.3) is 5.09 Å². The summed E-state index contributed by atoms with van der Waals surface area (Å²) >= 11 is 0. The molecule has 0 unspecified atom stereocenters. The van der Waals surface area contributed by atoms with Crippen LogP contribution in [0.4, 0.5) is 0 Å². The number of rotatable bonds is 12. The first-order chi connectivity index (χ1) is 14.3. The Morgan fingerprint density at radius 2 is 1.90 bits per heavy atom. The molecule has 0 bridgehead atoms. The maximum absolute atomic E-state index is 11.3. The Morgan fingerprint density at radius 3 is 2.40 bits per heavy atom. The highest BCUT2D eigenvalue weighted by Crippen LogP contribution is 1.86. The number of aromatic amines is 1. The zero-order valence-electron chi connectivity index (χ0n) is 17.8. The number of nitrogens with zero attached hydrogens (tertiary/aromatic N) is 2. The number of ether oxygens (including phenoxy) is 2. The van der Waals surface area contributed by atoms with Gasteiger partial charge >= 0.3 is 5.97 Å². The first kappa shape index (κ1) is 29.0. The number of esters is 1. The lowest BCUT2D eigenvalue weighted by Gasteiger charge is -2.06. The Morgan fingerprint density at radius 1 is 1.20 bits per heavy atom. The average Bonchev–Trinajstić information content (AvgIpc) is 3.21. The first-order valence-corrected chi connectivity index (χ1v) is 9.25. The number of hydrogen-bond donors (Lipinski definition) is 3. The van der Waals surface area contributed by atoms with E-state index in [1.807, 2.05) is 20.8 Å². The number of methoxy groups -OCH3 is 1. The summed E-state index contributed by atoms with van der Waals surface area (Å²) in [7, 11) is 1.21. The minimum Gasteiger partial charge on any atom is -0.468 e. The summed E-state index contributed by atoms with van der Waals surface area (Å²) in [6.45, 7) is 5.66. The van der Waals surface area contributed by atoms with E-state index in [0.29, 0.717) is 0 Å². The lowest BCUT2D eigenvalue weighted by atomic mass is 10.4. The van der Waals surface area contributed by atoms with Gasteiger partial charge in [-0.3, -0.25) is 14.4 Å². The number of aryl methyl sites for hydroxylation is 1. The van der Waals surface area contributed by atoms with Crippen molar-refractivity contribution >= 4 is 17.8 Å². The predicted octanol–water partition coefficient (Wildman–Crippen LogP) is 0.141. The van der Waals surface area contributed by atoms with Crippen LogP contribution in [0.5, 0.6) is 0 Å². The van der Waals surface area contributed by atoms with Crippen LogP contribution >= 0.6 is 0 Å². The molecule has 2 amide bonds. The highest BCUT2D eigenvalue weighted by molar-refractivity contribution is 5.82. The second-order valence-corrected chi connectivity index (χ2v) is 5.15. The van der Waals surface area contributed by atoms with Crippen LogP contribution in [0.2, 0.25) is 0 Å². The van der Waals surface area contributed by atoms with Gasteiger partial charge in [0.1, 0.15) is 13.2 Å². The van der Waals surface area contributed by atoms with Gasteiger partial charge in [0, 0.05) is 31.5 Å². The number of imidazole rings is 1. The van der Waals surface area contributed by atoms with Gasteiger partial charge in [0.05, 0.1) is 20.0 Å². The summed E-state index contributed by atoms with van der Waals surface area (Å²) in [5.41, 5.74) is 1.11. The fourth-order valence-electron chi connectivity index (χ4n) is 1.49. The fraction of sp³-hybridized carbons (Fsp3) is 0.647. The molecule has 13 heteroatoms. The van der Waals surface area contributed by atoms with Crippen molar-refractivity contribution in [2.75, 3.05) is 40.0 Å². The van der Waals surface area contributed by atoms with Gasteiger partial charge in [0.2, 0.25) is 11.8 Å². The van der Waals surface area contributed by atoms with Crippen molar-refractivity contribution in [2.45, 2.75) is 33.6 Å². The number of aromatic nitrogens is 2. The Hall–Kier alpha value is -3.22. The third-order valence-electron chi connectivity index (χ3n) is 2.83. The number of H-pyrrole nitrogens is 1. The highest BCUT2D eigenvalue weighted by atomic mass is 16.9. The molecule has 0 saturated heterocycles. The molecule has 0 spiro atoms. The van der Waals surface area contributed by atoms with Crippen LogP contribution < -0.4 is 10.6 Å². The van der Waals surface area contributed by atoms with E-state index >= 15 is 0 Å². The van der Waals surface area contributed by atoms with E-state index in [1.54, 1.807) is 12.5 Å². The van der Waals surface area contributed by atoms with Crippen molar-refractivity contribution in [1.82, 2.24) is 20.6 Å². The Bertz CT molecular complexity index is 595. The Labute approximate surface area is 175 Å².